The number of amides is 1. The summed E-state index contributed by atoms with van der Waals surface area (Å²) in [6.45, 7) is 4.10. The summed E-state index contributed by atoms with van der Waals surface area (Å²) in [5, 5.41) is 0. The lowest BCUT2D eigenvalue weighted by Gasteiger charge is -2.39. The first-order chi connectivity index (χ1) is 12.7. The molecule has 2 fully saturated rings. The van der Waals surface area contributed by atoms with Crippen LogP contribution in [0.3, 0.4) is 0 Å². The summed E-state index contributed by atoms with van der Waals surface area (Å²) in [6, 6.07) is 8.04. The first-order valence-electron chi connectivity index (χ1n) is 9.41. The van der Waals surface area contributed by atoms with E-state index in [1.54, 1.807) is 12.1 Å². The van der Waals surface area contributed by atoms with Gasteiger partial charge in [0.2, 0.25) is 5.91 Å². The van der Waals surface area contributed by atoms with Crippen LogP contribution < -0.4 is 5.73 Å². The molecular formula is C21H24N4O. The van der Waals surface area contributed by atoms with Gasteiger partial charge in [0.05, 0.1) is 0 Å². The fraction of sp³-hybridized carbons (Fsp3) is 0.429. The van der Waals surface area contributed by atoms with E-state index in [4.69, 9.17) is 10.7 Å². The molecule has 1 saturated heterocycles. The van der Waals surface area contributed by atoms with E-state index < -0.39 is 5.91 Å². The minimum atomic E-state index is -0.452. The number of benzene rings is 1. The summed E-state index contributed by atoms with van der Waals surface area (Å²) >= 11 is 0. The molecule has 2 aliphatic heterocycles. The molecule has 3 aliphatic rings. The fourth-order valence-corrected chi connectivity index (χ4v) is 4.12. The van der Waals surface area contributed by atoms with Gasteiger partial charge >= 0.3 is 0 Å². The highest BCUT2D eigenvalue weighted by Gasteiger charge is 2.27. The van der Waals surface area contributed by atoms with Crippen molar-refractivity contribution in [2.75, 3.05) is 26.2 Å². The third-order valence-corrected chi connectivity index (χ3v) is 5.55. The van der Waals surface area contributed by atoms with Crippen molar-refractivity contribution in [3.05, 3.63) is 52.9 Å². The molecule has 0 bridgehead atoms. The van der Waals surface area contributed by atoms with Crippen LogP contribution in [0.1, 0.15) is 41.6 Å². The molecule has 0 aromatic heterocycles. The number of nitrogens with zero attached hydrogens (tertiary/aromatic N) is 3. The first-order valence-corrected chi connectivity index (χ1v) is 9.41. The van der Waals surface area contributed by atoms with E-state index in [2.05, 4.69) is 21.3 Å². The molecule has 0 radical (unpaired) electrons. The molecule has 1 aliphatic carbocycles. The number of primary amides is 1. The summed E-state index contributed by atoms with van der Waals surface area (Å²) in [4.78, 5) is 21.4. The Kier molecular flexibility index (Phi) is 4.77. The number of carbonyl (C=O) groups excluding carboxylic acids is 1. The van der Waals surface area contributed by atoms with Crippen molar-refractivity contribution in [2.24, 2.45) is 10.7 Å². The largest absolute Gasteiger partial charge is 0.366 e. The van der Waals surface area contributed by atoms with Crippen LogP contribution in [-0.4, -0.2) is 53.8 Å². The van der Waals surface area contributed by atoms with Crippen LogP contribution >= 0.6 is 0 Å². The second-order valence-electron chi connectivity index (χ2n) is 7.10. The zero-order valence-corrected chi connectivity index (χ0v) is 14.9. The number of rotatable bonds is 3. The Morgan fingerprint density at radius 2 is 1.85 bits per heavy atom. The topological polar surface area (TPSA) is 61.9 Å². The van der Waals surface area contributed by atoms with Crippen molar-refractivity contribution in [3.8, 4) is 0 Å². The van der Waals surface area contributed by atoms with E-state index in [1.807, 2.05) is 18.2 Å². The van der Waals surface area contributed by atoms with Gasteiger partial charge in [-0.25, -0.2) is 4.99 Å². The highest BCUT2D eigenvalue weighted by atomic mass is 16.1. The third kappa shape index (κ3) is 3.38. The van der Waals surface area contributed by atoms with E-state index in [-0.39, 0.29) is 0 Å². The number of piperazine rings is 1. The van der Waals surface area contributed by atoms with Gasteiger partial charge < -0.3 is 10.6 Å². The van der Waals surface area contributed by atoms with Gasteiger partial charge in [-0.15, -0.1) is 0 Å². The zero-order chi connectivity index (χ0) is 17.9. The smallest absolute Gasteiger partial charge is 0.249 e. The van der Waals surface area contributed by atoms with E-state index in [9.17, 15) is 4.79 Å². The molecule has 2 heterocycles. The van der Waals surface area contributed by atoms with Gasteiger partial charge in [0, 0.05) is 49.4 Å². The molecule has 1 amide bonds. The Labute approximate surface area is 154 Å². The number of amidine groups is 1. The summed E-state index contributed by atoms with van der Waals surface area (Å²) in [5.74, 6) is 0.440. The Morgan fingerprint density at radius 1 is 1.12 bits per heavy atom. The molecule has 134 valence electrons. The van der Waals surface area contributed by atoms with Gasteiger partial charge in [0.1, 0.15) is 11.5 Å². The highest BCUT2D eigenvalue weighted by Crippen LogP contribution is 2.25. The molecule has 2 N–H and O–H groups in total. The Morgan fingerprint density at radius 3 is 2.58 bits per heavy atom. The lowest BCUT2D eigenvalue weighted by atomic mass is 10.0. The lowest BCUT2D eigenvalue weighted by Crippen LogP contribution is -2.51. The highest BCUT2D eigenvalue weighted by molar-refractivity contribution is 6.02. The van der Waals surface area contributed by atoms with E-state index in [0.717, 1.165) is 38.1 Å². The van der Waals surface area contributed by atoms with Crippen molar-refractivity contribution < 1.29 is 4.79 Å². The Hall–Kier alpha value is -2.58. The molecule has 0 spiro atoms. The van der Waals surface area contributed by atoms with Gasteiger partial charge in [-0.2, -0.15) is 0 Å². The van der Waals surface area contributed by atoms with Gasteiger partial charge in [-0.3, -0.25) is 9.69 Å². The van der Waals surface area contributed by atoms with Crippen LogP contribution in [0.2, 0.25) is 0 Å². The van der Waals surface area contributed by atoms with Crippen molar-refractivity contribution >= 4 is 17.4 Å². The van der Waals surface area contributed by atoms with Crippen LogP contribution in [0.15, 0.2) is 46.8 Å². The molecule has 1 saturated carbocycles. The van der Waals surface area contributed by atoms with Crippen LogP contribution in [0.25, 0.3) is 5.70 Å². The third-order valence-electron chi connectivity index (χ3n) is 5.55. The van der Waals surface area contributed by atoms with E-state index >= 15 is 0 Å². The zero-order valence-electron chi connectivity index (χ0n) is 14.9. The monoisotopic (exact) mass is 348 g/mol. The molecule has 1 aromatic carbocycles. The van der Waals surface area contributed by atoms with Crippen molar-refractivity contribution in [1.82, 2.24) is 9.80 Å². The predicted molar refractivity (Wildman–Crippen MR) is 103 cm³/mol. The van der Waals surface area contributed by atoms with Crippen LogP contribution in [0, 0.1) is 0 Å². The fourth-order valence-electron chi connectivity index (χ4n) is 4.12. The average Bonchev–Trinajstić information content (AvgIpc) is 3.23. The molecule has 5 heteroatoms. The Balaban J connectivity index is 1.49. The minimum Gasteiger partial charge on any atom is -0.366 e. The molecule has 0 unspecified atom stereocenters. The molecular weight excluding hydrogens is 324 g/mol. The number of hydrogen-bond acceptors (Lipinski definition) is 4. The molecule has 4 rings (SSSR count). The minimum absolute atomic E-state index is 0.452. The maximum Gasteiger partial charge on any atom is 0.249 e. The summed E-state index contributed by atoms with van der Waals surface area (Å²) in [6.07, 6.45) is 7.32. The summed E-state index contributed by atoms with van der Waals surface area (Å²) in [5.41, 5.74) is 13.4. The van der Waals surface area contributed by atoms with Crippen molar-refractivity contribution in [1.29, 1.82) is 0 Å². The average molecular weight is 348 g/mol. The normalized spacial score (nSPS) is 21.0. The van der Waals surface area contributed by atoms with Crippen LogP contribution in [0.5, 0.6) is 0 Å². The maximum absolute atomic E-state index is 11.7. The number of carbonyl (C=O) groups is 1. The molecule has 26 heavy (non-hydrogen) atoms. The quantitative estimate of drug-likeness (QED) is 0.853. The van der Waals surface area contributed by atoms with E-state index in [0.29, 0.717) is 16.8 Å². The SMILES string of the molecule is NC(=O)c1ccccc1C1=C=C=CC(N2CCN(C3CCCC3)CC2)=N1. The van der Waals surface area contributed by atoms with Gasteiger partial charge in [0.25, 0.3) is 0 Å². The number of hydrogen-bond donors (Lipinski definition) is 1. The van der Waals surface area contributed by atoms with Crippen LogP contribution in [0.4, 0.5) is 0 Å². The summed E-state index contributed by atoms with van der Waals surface area (Å²) < 4.78 is 0. The number of nitrogens with two attached hydrogens (primary N) is 1. The van der Waals surface area contributed by atoms with Crippen molar-refractivity contribution in [2.45, 2.75) is 31.7 Å². The lowest BCUT2D eigenvalue weighted by molar-refractivity contribution is 0.1000. The second-order valence-corrected chi connectivity index (χ2v) is 7.10. The maximum atomic E-state index is 11.7. The molecule has 0 atom stereocenters. The predicted octanol–water partition coefficient (Wildman–Crippen LogP) is 2.41. The van der Waals surface area contributed by atoms with Gasteiger partial charge in [0.15, 0.2) is 0 Å². The van der Waals surface area contributed by atoms with E-state index in [1.165, 1.54) is 25.7 Å². The molecule has 5 nitrogen and oxygen atoms in total. The summed E-state index contributed by atoms with van der Waals surface area (Å²) in [7, 11) is 0. The molecule has 1 aromatic rings. The van der Waals surface area contributed by atoms with Gasteiger partial charge in [-0.1, -0.05) is 36.8 Å². The standard InChI is InChI=1S/C21H24N4O/c22-21(26)18-9-4-3-8-17(18)19-10-5-11-20(23-19)25-14-12-24(13-15-25)16-6-1-2-7-16/h3-4,8-9,11,16H,1-2,6-7,12-15H2,(H2,22,26). The number of aliphatic imine (C=N–C) groups is 1. The first kappa shape index (κ1) is 16.9. The van der Waals surface area contributed by atoms with Gasteiger partial charge in [-0.05, 0) is 24.6 Å². The second kappa shape index (κ2) is 7.35. The van der Waals surface area contributed by atoms with Crippen LogP contribution in [-0.2, 0) is 0 Å². The Bertz CT molecular complexity index is 829. The van der Waals surface area contributed by atoms with Crippen molar-refractivity contribution in [3.63, 3.8) is 0 Å².